The van der Waals surface area contributed by atoms with E-state index in [-0.39, 0.29) is 10.8 Å². The van der Waals surface area contributed by atoms with Crippen molar-refractivity contribution in [3.8, 4) is 0 Å². The van der Waals surface area contributed by atoms with Crippen LogP contribution in [-0.2, 0) is 18.9 Å². The maximum absolute atomic E-state index is 11.3. The van der Waals surface area contributed by atoms with Gasteiger partial charge in [-0.05, 0) is 50.4 Å². The number of rotatable bonds is 6. The summed E-state index contributed by atoms with van der Waals surface area (Å²) in [5.41, 5.74) is -0.00778. The van der Waals surface area contributed by atoms with Gasteiger partial charge < -0.3 is 18.9 Å². The number of carbonyl (C=O) groups is 2. The summed E-state index contributed by atoms with van der Waals surface area (Å²) in [6.07, 6.45) is 17.4. The quantitative estimate of drug-likeness (QED) is 0.337. The number of ether oxygens (including phenoxy) is 4. The summed E-state index contributed by atoms with van der Waals surface area (Å²) in [4.78, 5) is 21.9. The van der Waals surface area contributed by atoms with Gasteiger partial charge in [0.15, 0.2) is 0 Å². The Morgan fingerprint density at radius 3 is 1.41 bits per heavy atom. The lowest BCUT2D eigenvalue weighted by atomic mass is 9.59. The Hall–Kier alpha value is -1.98. The van der Waals surface area contributed by atoms with Crippen molar-refractivity contribution in [2.75, 3.05) is 26.4 Å². The lowest BCUT2D eigenvalue weighted by Crippen LogP contribution is -2.51. The minimum atomic E-state index is -0.580. The standard InChI is InChI=1S/C16H26O3.C10H14O3/c17-15-18-11-16(12-19-15,13-7-3-1-4-8-13)14-9-5-2-6-10-14;1-3-5-10(6-4-2)7-12-9(11)13-8-10/h13-14H,1-12H2;3-4H,1-2,5-8H2. The number of cyclic esters (lactones) is 4. The Labute approximate surface area is 192 Å². The topological polar surface area (TPSA) is 71.1 Å². The highest BCUT2D eigenvalue weighted by atomic mass is 16.7. The van der Waals surface area contributed by atoms with E-state index in [0.717, 1.165) is 12.8 Å². The second-order valence-electron chi connectivity index (χ2n) is 10.0. The third-order valence-electron chi connectivity index (χ3n) is 7.90. The molecule has 4 fully saturated rings. The smallest absolute Gasteiger partial charge is 0.434 e. The zero-order chi connectivity index (χ0) is 22.9. The average Bonchev–Trinajstić information content (AvgIpc) is 2.84. The van der Waals surface area contributed by atoms with Gasteiger partial charge in [0.1, 0.15) is 26.4 Å². The lowest BCUT2D eigenvalue weighted by molar-refractivity contribution is -0.127. The molecule has 6 heteroatoms. The van der Waals surface area contributed by atoms with Gasteiger partial charge >= 0.3 is 12.3 Å². The third-order valence-corrected chi connectivity index (χ3v) is 7.90. The molecule has 2 aliphatic carbocycles. The molecule has 0 spiro atoms. The predicted molar refractivity (Wildman–Crippen MR) is 122 cm³/mol. The van der Waals surface area contributed by atoms with Crippen LogP contribution >= 0.6 is 0 Å². The fraction of sp³-hybridized carbons (Fsp3) is 0.769. The first-order valence-electron chi connectivity index (χ1n) is 12.3. The molecule has 2 heterocycles. The summed E-state index contributed by atoms with van der Waals surface area (Å²) < 4.78 is 20.4. The number of allylic oxidation sites excluding steroid dienone is 2. The van der Waals surface area contributed by atoms with Gasteiger partial charge in [-0.3, -0.25) is 0 Å². The Morgan fingerprint density at radius 2 is 1.03 bits per heavy atom. The molecule has 0 aromatic rings. The summed E-state index contributed by atoms with van der Waals surface area (Å²) in [7, 11) is 0. The van der Waals surface area contributed by atoms with Gasteiger partial charge in [0.2, 0.25) is 0 Å². The second kappa shape index (κ2) is 11.8. The van der Waals surface area contributed by atoms with Gasteiger partial charge in [0.05, 0.1) is 0 Å². The van der Waals surface area contributed by atoms with Crippen LogP contribution in [0.15, 0.2) is 25.3 Å². The molecule has 0 aromatic heterocycles. The van der Waals surface area contributed by atoms with E-state index in [1.807, 2.05) is 12.2 Å². The van der Waals surface area contributed by atoms with E-state index in [9.17, 15) is 9.59 Å². The maximum atomic E-state index is 11.3. The largest absolute Gasteiger partial charge is 0.508 e. The molecule has 4 aliphatic rings. The minimum absolute atomic E-state index is 0.134. The summed E-state index contributed by atoms with van der Waals surface area (Å²) in [6.45, 7) is 9.35. The Balaban J connectivity index is 0.000000195. The lowest BCUT2D eigenvalue weighted by Gasteiger charge is -2.49. The fourth-order valence-electron chi connectivity index (χ4n) is 6.07. The molecule has 4 rings (SSSR count). The molecule has 0 aromatic carbocycles. The van der Waals surface area contributed by atoms with Crippen LogP contribution in [0.2, 0.25) is 0 Å². The van der Waals surface area contributed by atoms with E-state index in [1.165, 1.54) is 64.2 Å². The van der Waals surface area contributed by atoms with Crippen LogP contribution in [0.3, 0.4) is 0 Å². The molecule has 0 amide bonds. The van der Waals surface area contributed by atoms with Gasteiger partial charge in [-0.15, -0.1) is 13.2 Å². The minimum Gasteiger partial charge on any atom is -0.434 e. The van der Waals surface area contributed by atoms with Gasteiger partial charge in [-0.25, -0.2) is 9.59 Å². The van der Waals surface area contributed by atoms with Crippen LogP contribution in [0.4, 0.5) is 9.59 Å². The van der Waals surface area contributed by atoms with E-state index in [1.54, 1.807) is 0 Å². The van der Waals surface area contributed by atoms with Crippen LogP contribution < -0.4 is 0 Å². The van der Waals surface area contributed by atoms with E-state index in [2.05, 4.69) is 13.2 Å². The Bertz CT molecular complexity index is 593. The van der Waals surface area contributed by atoms with Crippen molar-refractivity contribution in [3.63, 3.8) is 0 Å². The molecule has 2 aliphatic heterocycles. The normalized spacial score (nSPS) is 25.6. The molecular weight excluding hydrogens is 408 g/mol. The zero-order valence-corrected chi connectivity index (χ0v) is 19.5. The van der Waals surface area contributed by atoms with Crippen LogP contribution in [0.1, 0.15) is 77.0 Å². The molecule has 2 saturated carbocycles. The maximum Gasteiger partial charge on any atom is 0.508 e. The first kappa shape index (κ1) is 24.7. The van der Waals surface area contributed by atoms with Crippen molar-refractivity contribution in [3.05, 3.63) is 25.3 Å². The number of hydrogen-bond donors (Lipinski definition) is 0. The third kappa shape index (κ3) is 6.08. The second-order valence-corrected chi connectivity index (χ2v) is 10.0. The summed E-state index contributed by atoms with van der Waals surface area (Å²) >= 11 is 0. The van der Waals surface area contributed by atoms with Crippen molar-refractivity contribution in [2.24, 2.45) is 22.7 Å². The monoisotopic (exact) mass is 448 g/mol. The van der Waals surface area contributed by atoms with Gasteiger partial charge in [0.25, 0.3) is 0 Å². The SMILES string of the molecule is C=CCC1(CC=C)COC(=O)OC1.O=C1OCC(C2CCCCC2)(C2CCCCC2)CO1. The van der Waals surface area contributed by atoms with E-state index < -0.39 is 12.3 Å². The van der Waals surface area contributed by atoms with E-state index in [4.69, 9.17) is 18.9 Å². The van der Waals surface area contributed by atoms with Crippen molar-refractivity contribution in [1.82, 2.24) is 0 Å². The number of carbonyl (C=O) groups excluding carboxylic acids is 2. The van der Waals surface area contributed by atoms with Gasteiger partial charge in [-0.1, -0.05) is 50.7 Å². The van der Waals surface area contributed by atoms with Crippen molar-refractivity contribution < 1.29 is 28.5 Å². The molecule has 180 valence electrons. The van der Waals surface area contributed by atoms with Crippen LogP contribution in [0.5, 0.6) is 0 Å². The van der Waals surface area contributed by atoms with Crippen molar-refractivity contribution >= 4 is 12.3 Å². The first-order chi connectivity index (χ1) is 15.5. The summed E-state index contributed by atoms with van der Waals surface area (Å²) in [5.74, 6) is 1.41. The molecule has 2 saturated heterocycles. The summed E-state index contributed by atoms with van der Waals surface area (Å²) in [6, 6.07) is 0. The van der Waals surface area contributed by atoms with E-state index >= 15 is 0 Å². The number of hydrogen-bond acceptors (Lipinski definition) is 6. The van der Waals surface area contributed by atoms with Gasteiger partial charge in [0, 0.05) is 10.8 Å². The zero-order valence-electron chi connectivity index (χ0n) is 19.5. The average molecular weight is 449 g/mol. The van der Waals surface area contributed by atoms with E-state index in [0.29, 0.717) is 38.3 Å². The summed E-state index contributed by atoms with van der Waals surface area (Å²) in [5, 5.41) is 0. The van der Waals surface area contributed by atoms with Crippen molar-refractivity contribution in [2.45, 2.75) is 77.0 Å². The molecule has 6 nitrogen and oxygen atoms in total. The Kier molecular flexibility index (Phi) is 9.06. The first-order valence-corrected chi connectivity index (χ1v) is 12.3. The highest BCUT2D eigenvalue weighted by molar-refractivity contribution is 5.61. The van der Waals surface area contributed by atoms with Crippen LogP contribution in [0.25, 0.3) is 0 Å². The Morgan fingerprint density at radius 1 is 0.656 bits per heavy atom. The highest BCUT2D eigenvalue weighted by Crippen LogP contribution is 2.50. The highest BCUT2D eigenvalue weighted by Gasteiger charge is 2.49. The molecule has 32 heavy (non-hydrogen) atoms. The fourth-order valence-corrected chi connectivity index (χ4v) is 6.07. The van der Waals surface area contributed by atoms with Crippen LogP contribution in [0, 0.1) is 22.7 Å². The van der Waals surface area contributed by atoms with Crippen molar-refractivity contribution in [1.29, 1.82) is 0 Å². The molecule has 0 N–H and O–H groups in total. The predicted octanol–water partition coefficient (Wildman–Crippen LogP) is 6.59. The molecule has 0 atom stereocenters. The molecule has 0 unspecified atom stereocenters. The molecule has 0 radical (unpaired) electrons. The van der Waals surface area contributed by atoms with Crippen LogP contribution in [-0.4, -0.2) is 38.7 Å². The molecule has 0 bridgehead atoms. The van der Waals surface area contributed by atoms with Gasteiger partial charge in [-0.2, -0.15) is 0 Å². The molecular formula is C26H40O6.